The lowest BCUT2D eigenvalue weighted by Crippen LogP contribution is -2.16. The number of nitrogens with one attached hydrogen (secondary N) is 1. The van der Waals surface area contributed by atoms with Crippen LogP contribution in [0.3, 0.4) is 0 Å². The quantitative estimate of drug-likeness (QED) is 0.856. The zero-order valence-corrected chi connectivity index (χ0v) is 11.3. The number of rotatable bonds is 3. The molecule has 0 aromatic heterocycles. The fourth-order valence-corrected chi connectivity index (χ4v) is 2.88. The van der Waals surface area contributed by atoms with Gasteiger partial charge in [0, 0.05) is 6.07 Å². The molecule has 0 bridgehead atoms. The van der Waals surface area contributed by atoms with Gasteiger partial charge < -0.3 is 5.73 Å². The van der Waals surface area contributed by atoms with Crippen LogP contribution in [0.1, 0.15) is 5.56 Å². The Morgan fingerprint density at radius 2 is 1.80 bits per heavy atom. The highest BCUT2D eigenvalue weighted by Gasteiger charge is 2.20. The lowest BCUT2D eigenvalue weighted by atomic mass is 10.2. The molecule has 0 radical (unpaired) electrons. The van der Waals surface area contributed by atoms with Crippen LogP contribution in [-0.2, 0) is 10.0 Å². The summed E-state index contributed by atoms with van der Waals surface area (Å²) in [5.41, 5.74) is 6.05. The summed E-state index contributed by atoms with van der Waals surface area (Å²) in [5.74, 6) is -1.54. The van der Waals surface area contributed by atoms with E-state index in [-0.39, 0.29) is 11.4 Å². The van der Waals surface area contributed by atoms with Gasteiger partial charge >= 0.3 is 0 Å². The first kappa shape index (κ1) is 14.3. The van der Waals surface area contributed by atoms with Crippen molar-refractivity contribution in [2.45, 2.75) is 11.8 Å². The number of aryl methyl sites for hydroxylation is 1. The monoisotopic (exact) mass is 298 g/mol. The van der Waals surface area contributed by atoms with Crippen molar-refractivity contribution >= 4 is 21.4 Å². The first-order chi connectivity index (χ1) is 9.29. The third kappa shape index (κ3) is 2.88. The predicted molar refractivity (Wildman–Crippen MR) is 72.8 cm³/mol. The van der Waals surface area contributed by atoms with Crippen molar-refractivity contribution in [1.82, 2.24) is 0 Å². The maximum atomic E-state index is 13.6. The summed E-state index contributed by atoms with van der Waals surface area (Å²) in [4.78, 5) is -0.513. The number of sulfonamides is 1. The molecule has 20 heavy (non-hydrogen) atoms. The minimum atomic E-state index is -4.18. The van der Waals surface area contributed by atoms with E-state index >= 15 is 0 Å². The van der Waals surface area contributed by atoms with E-state index in [1.54, 1.807) is 6.92 Å². The van der Waals surface area contributed by atoms with E-state index in [9.17, 15) is 17.2 Å². The van der Waals surface area contributed by atoms with E-state index in [1.165, 1.54) is 18.2 Å². The van der Waals surface area contributed by atoms with E-state index < -0.39 is 26.6 Å². The van der Waals surface area contributed by atoms with E-state index in [0.717, 1.165) is 18.2 Å². The molecule has 2 rings (SSSR count). The molecule has 0 atom stereocenters. The molecule has 0 unspecified atom stereocenters. The van der Waals surface area contributed by atoms with Crippen molar-refractivity contribution in [2.24, 2.45) is 0 Å². The number of hydrogen-bond donors (Lipinski definition) is 2. The van der Waals surface area contributed by atoms with Gasteiger partial charge in [-0.2, -0.15) is 0 Å². The van der Waals surface area contributed by atoms with Crippen LogP contribution in [0.25, 0.3) is 0 Å². The van der Waals surface area contributed by atoms with E-state index in [1.807, 2.05) is 0 Å². The fourth-order valence-electron chi connectivity index (χ4n) is 1.63. The Morgan fingerprint density at radius 3 is 2.50 bits per heavy atom. The molecule has 0 heterocycles. The summed E-state index contributed by atoms with van der Waals surface area (Å²) >= 11 is 0. The molecule has 0 aliphatic heterocycles. The summed E-state index contributed by atoms with van der Waals surface area (Å²) in [6.07, 6.45) is 0. The van der Waals surface area contributed by atoms with Crippen LogP contribution in [-0.4, -0.2) is 8.42 Å². The van der Waals surface area contributed by atoms with E-state index in [2.05, 4.69) is 4.72 Å². The smallest absolute Gasteiger partial charge is 0.264 e. The van der Waals surface area contributed by atoms with Gasteiger partial charge in [-0.05, 0) is 36.8 Å². The second-order valence-electron chi connectivity index (χ2n) is 4.27. The summed E-state index contributed by atoms with van der Waals surface area (Å²) in [7, 11) is -4.18. The maximum Gasteiger partial charge on any atom is 0.264 e. The maximum absolute atomic E-state index is 13.6. The molecule has 2 aromatic carbocycles. The SMILES string of the molecule is Cc1ccc(F)c(S(=O)(=O)Nc2cc(F)ccc2N)c1. The molecule has 0 fully saturated rings. The van der Waals surface area contributed by atoms with Crippen LogP contribution < -0.4 is 10.5 Å². The molecule has 0 saturated carbocycles. The van der Waals surface area contributed by atoms with Crippen LogP contribution in [0.5, 0.6) is 0 Å². The van der Waals surface area contributed by atoms with Gasteiger partial charge in [0.1, 0.15) is 16.5 Å². The summed E-state index contributed by atoms with van der Waals surface area (Å²) in [6, 6.07) is 6.94. The van der Waals surface area contributed by atoms with Gasteiger partial charge in [0.25, 0.3) is 10.0 Å². The molecular weight excluding hydrogens is 286 g/mol. The van der Waals surface area contributed by atoms with Crippen LogP contribution >= 0.6 is 0 Å². The zero-order chi connectivity index (χ0) is 14.9. The third-order valence-electron chi connectivity index (χ3n) is 2.64. The van der Waals surface area contributed by atoms with Crippen molar-refractivity contribution < 1.29 is 17.2 Å². The van der Waals surface area contributed by atoms with Gasteiger partial charge in [0.2, 0.25) is 0 Å². The molecule has 3 N–H and O–H groups in total. The van der Waals surface area contributed by atoms with Crippen molar-refractivity contribution in [3.05, 3.63) is 53.6 Å². The lowest BCUT2D eigenvalue weighted by Gasteiger charge is -2.11. The molecular formula is C13H12F2N2O2S. The molecule has 0 aliphatic rings. The predicted octanol–water partition coefficient (Wildman–Crippen LogP) is 2.66. The third-order valence-corrected chi connectivity index (χ3v) is 4.02. The average molecular weight is 298 g/mol. The van der Waals surface area contributed by atoms with Gasteiger partial charge in [-0.15, -0.1) is 0 Å². The highest BCUT2D eigenvalue weighted by atomic mass is 32.2. The molecule has 7 heteroatoms. The van der Waals surface area contributed by atoms with Crippen molar-refractivity contribution in [3.63, 3.8) is 0 Å². The Bertz CT molecular complexity index is 761. The molecule has 2 aromatic rings. The van der Waals surface area contributed by atoms with Crippen molar-refractivity contribution in [3.8, 4) is 0 Å². The van der Waals surface area contributed by atoms with Gasteiger partial charge in [-0.25, -0.2) is 17.2 Å². The minimum Gasteiger partial charge on any atom is -0.397 e. The Hall–Kier alpha value is -2.15. The topological polar surface area (TPSA) is 72.2 Å². The van der Waals surface area contributed by atoms with Gasteiger partial charge in [-0.1, -0.05) is 6.07 Å². The first-order valence-electron chi connectivity index (χ1n) is 5.63. The molecule has 4 nitrogen and oxygen atoms in total. The number of halogens is 2. The van der Waals surface area contributed by atoms with Crippen LogP contribution in [0.2, 0.25) is 0 Å². The number of nitrogens with two attached hydrogens (primary N) is 1. The van der Waals surface area contributed by atoms with Gasteiger partial charge in [0.05, 0.1) is 11.4 Å². The summed E-state index contributed by atoms with van der Waals surface area (Å²) < 4.78 is 53.0. The van der Waals surface area contributed by atoms with Crippen molar-refractivity contribution in [2.75, 3.05) is 10.5 Å². The van der Waals surface area contributed by atoms with Crippen LogP contribution in [0, 0.1) is 18.6 Å². The lowest BCUT2D eigenvalue weighted by molar-refractivity contribution is 0.570. The Kier molecular flexibility index (Phi) is 3.63. The molecule has 0 amide bonds. The fraction of sp³-hybridized carbons (Fsp3) is 0.0769. The second-order valence-corrected chi connectivity index (χ2v) is 5.92. The minimum absolute atomic E-state index is 0.0445. The molecule has 0 aliphatic carbocycles. The summed E-state index contributed by atoms with van der Waals surface area (Å²) in [6.45, 7) is 1.63. The zero-order valence-electron chi connectivity index (χ0n) is 10.5. The van der Waals surface area contributed by atoms with Crippen LogP contribution in [0.15, 0.2) is 41.3 Å². The Labute approximate surface area is 115 Å². The first-order valence-corrected chi connectivity index (χ1v) is 7.12. The van der Waals surface area contributed by atoms with E-state index in [0.29, 0.717) is 5.56 Å². The van der Waals surface area contributed by atoms with E-state index in [4.69, 9.17) is 5.73 Å². The normalized spacial score (nSPS) is 11.3. The largest absolute Gasteiger partial charge is 0.397 e. The molecule has 0 saturated heterocycles. The highest BCUT2D eigenvalue weighted by Crippen LogP contribution is 2.24. The number of anilines is 2. The summed E-state index contributed by atoms with van der Waals surface area (Å²) in [5, 5.41) is 0. The molecule has 106 valence electrons. The number of nitrogen functional groups attached to an aromatic ring is 1. The van der Waals surface area contributed by atoms with Gasteiger partial charge in [0.15, 0.2) is 0 Å². The Morgan fingerprint density at radius 1 is 1.10 bits per heavy atom. The second kappa shape index (κ2) is 5.09. The molecule has 0 spiro atoms. The number of hydrogen-bond acceptors (Lipinski definition) is 3. The van der Waals surface area contributed by atoms with Crippen LogP contribution in [0.4, 0.5) is 20.2 Å². The van der Waals surface area contributed by atoms with Crippen molar-refractivity contribution in [1.29, 1.82) is 0 Å². The standard InChI is InChI=1S/C13H12F2N2O2S/c1-8-2-4-10(15)13(6-8)20(18,19)17-12-7-9(14)3-5-11(12)16/h2-7,17H,16H2,1H3. The highest BCUT2D eigenvalue weighted by molar-refractivity contribution is 7.92. The van der Waals surface area contributed by atoms with Gasteiger partial charge in [-0.3, -0.25) is 4.72 Å². The average Bonchev–Trinajstić information content (AvgIpc) is 2.36. The number of benzene rings is 2. The Balaban J connectivity index is 2.46.